The summed E-state index contributed by atoms with van der Waals surface area (Å²) in [6, 6.07) is 5.87. The molecule has 0 aliphatic carbocycles. The number of nitrogens with one attached hydrogen (secondary N) is 1. The van der Waals surface area contributed by atoms with E-state index in [1.807, 2.05) is 28.8 Å². The first kappa shape index (κ1) is 13.5. The molecular formula is C13H18N4O2S. The fourth-order valence-corrected chi connectivity index (χ4v) is 4.30. The maximum atomic E-state index is 11.6. The van der Waals surface area contributed by atoms with Gasteiger partial charge in [0.2, 0.25) is 0 Å². The molecule has 20 heavy (non-hydrogen) atoms. The summed E-state index contributed by atoms with van der Waals surface area (Å²) in [6.07, 6.45) is 4.37. The molecule has 0 amide bonds. The van der Waals surface area contributed by atoms with Gasteiger partial charge in [0, 0.05) is 25.2 Å². The summed E-state index contributed by atoms with van der Waals surface area (Å²) in [4.78, 5) is 0. The number of hydrogen-bond donors (Lipinski definition) is 1. The molecule has 0 aromatic carbocycles. The Kier molecular flexibility index (Phi) is 3.71. The van der Waals surface area contributed by atoms with Crippen molar-refractivity contribution < 1.29 is 8.42 Å². The normalized spacial score (nSPS) is 22.1. The molecule has 2 aromatic heterocycles. The van der Waals surface area contributed by atoms with Gasteiger partial charge >= 0.3 is 0 Å². The lowest BCUT2D eigenvalue weighted by atomic mass is 10.2. The lowest BCUT2D eigenvalue weighted by Crippen LogP contribution is -2.41. The van der Waals surface area contributed by atoms with E-state index >= 15 is 0 Å². The molecule has 6 nitrogen and oxygen atoms in total. The molecule has 0 spiro atoms. The van der Waals surface area contributed by atoms with Crippen LogP contribution in [0.25, 0.3) is 5.65 Å². The van der Waals surface area contributed by atoms with Crippen LogP contribution in [0.1, 0.15) is 18.7 Å². The number of fused-ring (bicyclic) bond motifs is 1. The average Bonchev–Trinajstić information content (AvgIpc) is 2.81. The number of hydrogen-bond acceptors (Lipinski definition) is 5. The summed E-state index contributed by atoms with van der Waals surface area (Å²) < 4.78 is 25.1. The van der Waals surface area contributed by atoms with Gasteiger partial charge in [-0.3, -0.25) is 4.40 Å². The average molecular weight is 294 g/mol. The molecule has 1 fully saturated rings. The van der Waals surface area contributed by atoms with Crippen LogP contribution in [0.4, 0.5) is 0 Å². The predicted octanol–water partition coefficient (Wildman–Crippen LogP) is 0.439. The zero-order chi connectivity index (χ0) is 14.0. The number of aromatic nitrogens is 3. The monoisotopic (exact) mass is 294 g/mol. The van der Waals surface area contributed by atoms with Crippen LogP contribution >= 0.6 is 0 Å². The number of sulfone groups is 1. The highest BCUT2D eigenvalue weighted by atomic mass is 32.2. The molecule has 0 radical (unpaired) electrons. The van der Waals surface area contributed by atoms with Crippen molar-refractivity contribution in [3.8, 4) is 0 Å². The quantitative estimate of drug-likeness (QED) is 0.885. The van der Waals surface area contributed by atoms with Gasteiger partial charge in [-0.1, -0.05) is 6.07 Å². The first-order valence-electron chi connectivity index (χ1n) is 6.86. The Labute approximate surface area is 118 Å². The van der Waals surface area contributed by atoms with Crippen LogP contribution in [0.3, 0.4) is 0 Å². The van der Waals surface area contributed by atoms with Crippen LogP contribution < -0.4 is 5.32 Å². The molecule has 3 rings (SSSR count). The third-order valence-corrected chi connectivity index (χ3v) is 5.45. The molecule has 1 aliphatic heterocycles. The molecule has 0 bridgehead atoms. The lowest BCUT2D eigenvalue weighted by molar-refractivity contribution is 0.481. The van der Waals surface area contributed by atoms with E-state index < -0.39 is 9.84 Å². The van der Waals surface area contributed by atoms with E-state index in [-0.39, 0.29) is 11.8 Å². The Balaban J connectivity index is 1.57. The van der Waals surface area contributed by atoms with Gasteiger partial charge in [0.1, 0.15) is 5.82 Å². The third-order valence-electron chi connectivity index (χ3n) is 3.63. The molecule has 1 unspecified atom stereocenters. The molecule has 1 atom stereocenters. The van der Waals surface area contributed by atoms with Gasteiger partial charge in [-0.2, -0.15) is 0 Å². The van der Waals surface area contributed by atoms with E-state index in [2.05, 4.69) is 15.5 Å². The van der Waals surface area contributed by atoms with Crippen molar-refractivity contribution in [3.05, 3.63) is 30.2 Å². The minimum atomic E-state index is -2.85. The van der Waals surface area contributed by atoms with E-state index in [0.29, 0.717) is 5.75 Å². The minimum Gasteiger partial charge on any atom is -0.313 e. The smallest absolute Gasteiger partial charge is 0.160 e. The van der Waals surface area contributed by atoms with E-state index in [1.54, 1.807) is 0 Å². The molecule has 7 heteroatoms. The molecule has 1 aliphatic rings. The lowest BCUT2D eigenvalue weighted by Gasteiger charge is -2.22. The molecule has 2 aromatic rings. The van der Waals surface area contributed by atoms with Crippen LogP contribution in [-0.4, -0.2) is 47.1 Å². The van der Waals surface area contributed by atoms with Crippen molar-refractivity contribution in [1.82, 2.24) is 19.9 Å². The molecule has 0 saturated carbocycles. The minimum absolute atomic E-state index is 0.0768. The maximum absolute atomic E-state index is 11.6. The molecule has 3 heterocycles. The van der Waals surface area contributed by atoms with Crippen molar-refractivity contribution in [2.45, 2.75) is 25.3 Å². The topological polar surface area (TPSA) is 76.4 Å². The Hall–Kier alpha value is -1.47. The van der Waals surface area contributed by atoms with E-state index in [4.69, 9.17) is 0 Å². The molecule has 108 valence electrons. The van der Waals surface area contributed by atoms with Crippen molar-refractivity contribution in [3.63, 3.8) is 0 Å². The highest BCUT2D eigenvalue weighted by Crippen LogP contribution is 2.12. The highest BCUT2D eigenvalue weighted by molar-refractivity contribution is 7.91. The molecular weight excluding hydrogens is 276 g/mol. The van der Waals surface area contributed by atoms with Gasteiger partial charge in [0.15, 0.2) is 15.5 Å². The van der Waals surface area contributed by atoms with E-state index in [9.17, 15) is 8.42 Å². The first-order valence-corrected chi connectivity index (χ1v) is 8.69. The number of rotatable bonds is 4. The van der Waals surface area contributed by atoms with Gasteiger partial charge < -0.3 is 5.32 Å². The SMILES string of the molecule is O=S1(=O)CCCC(NCCc2nnc3ccccn23)C1. The van der Waals surface area contributed by atoms with Crippen LogP contribution in [0.5, 0.6) is 0 Å². The van der Waals surface area contributed by atoms with Crippen LogP contribution in [0.2, 0.25) is 0 Å². The summed E-state index contributed by atoms with van der Waals surface area (Å²) in [6.45, 7) is 0.718. The standard InChI is InChI=1S/C13H18N4O2S/c18-20(19)9-3-4-11(10-20)14-7-6-13-16-15-12-5-1-2-8-17(12)13/h1-2,5,8,11,14H,3-4,6-7,9-10H2. The van der Waals surface area contributed by atoms with Gasteiger partial charge in [0.05, 0.1) is 11.5 Å². The molecule has 1 N–H and O–H groups in total. The van der Waals surface area contributed by atoms with E-state index in [1.165, 1.54) is 0 Å². The Bertz CT molecular complexity index is 695. The number of nitrogens with zero attached hydrogens (tertiary/aromatic N) is 3. The zero-order valence-electron chi connectivity index (χ0n) is 11.2. The van der Waals surface area contributed by atoms with Gasteiger partial charge in [-0.25, -0.2) is 8.42 Å². The summed E-state index contributed by atoms with van der Waals surface area (Å²) in [7, 11) is -2.85. The van der Waals surface area contributed by atoms with Crippen molar-refractivity contribution in [2.75, 3.05) is 18.1 Å². The van der Waals surface area contributed by atoms with Crippen molar-refractivity contribution in [2.24, 2.45) is 0 Å². The van der Waals surface area contributed by atoms with Crippen molar-refractivity contribution in [1.29, 1.82) is 0 Å². The second-order valence-electron chi connectivity index (χ2n) is 5.20. The Morgan fingerprint density at radius 2 is 2.25 bits per heavy atom. The second-order valence-corrected chi connectivity index (χ2v) is 7.43. The third kappa shape index (κ3) is 2.99. The van der Waals surface area contributed by atoms with E-state index in [0.717, 1.165) is 37.3 Å². The molecule has 1 saturated heterocycles. The highest BCUT2D eigenvalue weighted by Gasteiger charge is 2.24. The van der Waals surface area contributed by atoms with Gasteiger partial charge in [0.25, 0.3) is 0 Å². The van der Waals surface area contributed by atoms with Crippen molar-refractivity contribution >= 4 is 15.5 Å². The van der Waals surface area contributed by atoms with Gasteiger partial charge in [-0.05, 0) is 25.0 Å². The van der Waals surface area contributed by atoms with Crippen LogP contribution in [0, 0.1) is 0 Å². The Morgan fingerprint density at radius 1 is 1.35 bits per heavy atom. The van der Waals surface area contributed by atoms with Crippen LogP contribution in [-0.2, 0) is 16.3 Å². The largest absolute Gasteiger partial charge is 0.313 e. The fourth-order valence-electron chi connectivity index (χ4n) is 2.63. The summed E-state index contributed by atoms with van der Waals surface area (Å²) in [5, 5.41) is 11.6. The fraction of sp³-hybridized carbons (Fsp3) is 0.538. The predicted molar refractivity (Wildman–Crippen MR) is 76.4 cm³/mol. The maximum Gasteiger partial charge on any atom is 0.160 e. The van der Waals surface area contributed by atoms with Crippen LogP contribution in [0.15, 0.2) is 24.4 Å². The second kappa shape index (κ2) is 5.49. The summed E-state index contributed by atoms with van der Waals surface area (Å²) >= 11 is 0. The summed E-state index contributed by atoms with van der Waals surface area (Å²) in [5.41, 5.74) is 0.836. The Morgan fingerprint density at radius 3 is 3.10 bits per heavy atom. The summed E-state index contributed by atoms with van der Waals surface area (Å²) in [5.74, 6) is 1.49. The number of pyridine rings is 1. The zero-order valence-corrected chi connectivity index (χ0v) is 12.0. The van der Waals surface area contributed by atoms with Gasteiger partial charge in [-0.15, -0.1) is 10.2 Å². The first-order chi connectivity index (χ1) is 9.64.